The average molecular weight is 195 g/mol. The lowest BCUT2D eigenvalue weighted by atomic mass is 10.0. The van der Waals surface area contributed by atoms with Crippen LogP contribution in [0.15, 0.2) is 29.5 Å². The van der Waals surface area contributed by atoms with E-state index in [-0.39, 0.29) is 0 Å². The van der Waals surface area contributed by atoms with Crippen LogP contribution in [0.5, 0.6) is 0 Å². The third kappa shape index (κ3) is 7.59. The van der Waals surface area contributed by atoms with Crippen LogP contribution in [0.3, 0.4) is 0 Å². The fourth-order valence-corrected chi connectivity index (χ4v) is 1.16. The first-order chi connectivity index (χ1) is 6.70. The summed E-state index contributed by atoms with van der Waals surface area (Å²) in [5.74, 6) is 0.595. The van der Waals surface area contributed by atoms with Gasteiger partial charge in [0.05, 0.1) is 0 Å². The Hall–Kier alpha value is -1.05. The summed E-state index contributed by atoms with van der Waals surface area (Å²) in [6.45, 7) is 8.04. The van der Waals surface area contributed by atoms with Gasteiger partial charge >= 0.3 is 0 Å². The van der Waals surface area contributed by atoms with E-state index >= 15 is 0 Å². The van der Waals surface area contributed by atoms with Gasteiger partial charge in [0.15, 0.2) is 0 Å². The molecule has 1 N–H and O–H groups in total. The van der Waals surface area contributed by atoms with E-state index in [1.807, 2.05) is 6.08 Å². The summed E-state index contributed by atoms with van der Waals surface area (Å²) >= 11 is 0. The van der Waals surface area contributed by atoms with Crippen LogP contribution < -0.4 is 0 Å². The van der Waals surface area contributed by atoms with Gasteiger partial charge in [-0.2, -0.15) is 0 Å². The van der Waals surface area contributed by atoms with Gasteiger partial charge in [-0.1, -0.05) is 24.6 Å². The summed E-state index contributed by atoms with van der Waals surface area (Å²) in [4.78, 5) is 0. The third-order valence-corrected chi connectivity index (χ3v) is 2.27. The monoisotopic (exact) mass is 195 g/mol. The molecule has 0 aliphatic rings. The van der Waals surface area contributed by atoms with Crippen LogP contribution >= 0.6 is 0 Å². The highest BCUT2D eigenvalue weighted by Gasteiger charge is 1.94. The van der Waals surface area contributed by atoms with Crippen LogP contribution in [0.1, 0.15) is 39.5 Å². The summed E-state index contributed by atoms with van der Waals surface area (Å²) in [7, 11) is 0. The van der Waals surface area contributed by atoms with Gasteiger partial charge < -0.3 is 5.21 Å². The Kier molecular flexibility index (Phi) is 7.90. The zero-order valence-corrected chi connectivity index (χ0v) is 9.24. The maximum atomic E-state index is 8.20. The SMILES string of the molecule is C=CC(C)CC/C=C(\C)CC/C=N/O. The molecule has 0 amide bonds. The van der Waals surface area contributed by atoms with Crippen molar-refractivity contribution in [3.8, 4) is 0 Å². The summed E-state index contributed by atoms with van der Waals surface area (Å²) < 4.78 is 0. The number of oxime groups is 1. The molecule has 1 atom stereocenters. The lowest BCUT2D eigenvalue weighted by molar-refractivity contribution is 0.320. The number of rotatable bonds is 7. The van der Waals surface area contributed by atoms with Crippen molar-refractivity contribution in [3.05, 3.63) is 24.3 Å². The van der Waals surface area contributed by atoms with E-state index in [1.165, 1.54) is 11.8 Å². The topological polar surface area (TPSA) is 32.6 Å². The van der Waals surface area contributed by atoms with Crippen LogP contribution in [0.25, 0.3) is 0 Å². The molecule has 0 aromatic rings. The van der Waals surface area contributed by atoms with Crippen molar-refractivity contribution in [2.24, 2.45) is 11.1 Å². The van der Waals surface area contributed by atoms with Crippen molar-refractivity contribution in [2.45, 2.75) is 39.5 Å². The molecule has 14 heavy (non-hydrogen) atoms. The molecule has 0 rings (SSSR count). The first kappa shape index (κ1) is 12.9. The summed E-state index contributed by atoms with van der Waals surface area (Å²) in [5.41, 5.74) is 1.36. The third-order valence-electron chi connectivity index (χ3n) is 2.27. The molecule has 0 heterocycles. The lowest BCUT2D eigenvalue weighted by Gasteiger charge is -2.02. The predicted molar refractivity (Wildman–Crippen MR) is 61.9 cm³/mol. The zero-order valence-electron chi connectivity index (χ0n) is 9.24. The molecule has 0 aliphatic heterocycles. The largest absolute Gasteiger partial charge is 0.411 e. The number of hydrogen-bond donors (Lipinski definition) is 1. The molecule has 2 nitrogen and oxygen atoms in total. The second-order valence-corrected chi connectivity index (χ2v) is 3.68. The van der Waals surface area contributed by atoms with Crippen LogP contribution in [0, 0.1) is 5.92 Å². The van der Waals surface area contributed by atoms with E-state index in [1.54, 1.807) is 0 Å². The van der Waals surface area contributed by atoms with Crippen molar-refractivity contribution >= 4 is 6.21 Å². The van der Waals surface area contributed by atoms with Gasteiger partial charge in [0, 0.05) is 6.21 Å². The molecule has 0 bridgehead atoms. The lowest BCUT2D eigenvalue weighted by Crippen LogP contribution is -1.87. The highest BCUT2D eigenvalue weighted by molar-refractivity contribution is 5.56. The molecule has 0 aromatic heterocycles. The standard InChI is InChI=1S/C12H21NO/c1-4-11(2)7-5-8-12(3)9-6-10-13-14/h4,8,10-11,14H,1,5-7,9H2,2-3H3/b12-8+,13-10+. The van der Waals surface area contributed by atoms with Crippen LogP contribution in [-0.4, -0.2) is 11.4 Å². The quantitative estimate of drug-likeness (QED) is 0.285. The Morgan fingerprint density at radius 2 is 2.21 bits per heavy atom. The summed E-state index contributed by atoms with van der Waals surface area (Å²) in [6, 6.07) is 0. The Labute approximate surface area is 87.0 Å². The maximum Gasteiger partial charge on any atom is 0.0439 e. The van der Waals surface area contributed by atoms with Gasteiger partial charge in [-0.05, 0) is 38.5 Å². The number of nitrogens with zero attached hydrogens (tertiary/aromatic N) is 1. The molecule has 80 valence electrons. The molecule has 0 fully saturated rings. The van der Waals surface area contributed by atoms with E-state index < -0.39 is 0 Å². The molecule has 0 saturated heterocycles. The Bertz CT molecular complexity index is 206. The van der Waals surface area contributed by atoms with Crippen LogP contribution in [-0.2, 0) is 0 Å². The zero-order chi connectivity index (χ0) is 10.8. The molecule has 0 aliphatic carbocycles. The van der Waals surface area contributed by atoms with Crippen molar-refractivity contribution in [3.63, 3.8) is 0 Å². The Morgan fingerprint density at radius 1 is 1.50 bits per heavy atom. The molecule has 1 unspecified atom stereocenters. The first-order valence-electron chi connectivity index (χ1n) is 5.14. The van der Waals surface area contributed by atoms with Gasteiger partial charge in [0.25, 0.3) is 0 Å². The minimum absolute atomic E-state index is 0.595. The van der Waals surface area contributed by atoms with Gasteiger partial charge in [0.2, 0.25) is 0 Å². The predicted octanol–water partition coefficient (Wildman–Crippen LogP) is 3.78. The smallest absolute Gasteiger partial charge is 0.0439 e. The Morgan fingerprint density at radius 3 is 2.79 bits per heavy atom. The molecule has 0 radical (unpaired) electrons. The minimum Gasteiger partial charge on any atom is -0.411 e. The normalized spacial score (nSPS) is 14.6. The number of hydrogen-bond acceptors (Lipinski definition) is 2. The van der Waals surface area contributed by atoms with E-state index in [2.05, 4.69) is 31.7 Å². The highest BCUT2D eigenvalue weighted by atomic mass is 16.4. The highest BCUT2D eigenvalue weighted by Crippen LogP contribution is 2.10. The van der Waals surface area contributed by atoms with E-state index in [9.17, 15) is 0 Å². The molecule has 0 aromatic carbocycles. The summed E-state index contributed by atoms with van der Waals surface area (Å²) in [5, 5.41) is 11.2. The van der Waals surface area contributed by atoms with Crippen molar-refractivity contribution in [1.82, 2.24) is 0 Å². The number of allylic oxidation sites excluding steroid dienone is 3. The van der Waals surface area contributed by atoms with Crippen LogP contribution in [0.4, 0.5) is 0 Å². The Balaban J connectivity index is 3.60. The second kappa shape index (κ2) is 8.54. The average Bonchev–Trinajstić information content (AvgIpc) is 2.18. The summed E-state index contributed by atoms with van der Waals surface area (Å²) in [6.07, 6.45) is 9.84. The van der Waals surface area contributed by atoms with Gasteiger partial charge in [-0.15, -0.1) is 11.7 Å². The first-order valence-corrected chi connectivity index (χ1v) is 5.14. The van der Waals surface area contributed by atoms with E-state index in [0.29, 0.717) is 5.92 Å². The molecular formula is C12H21NO. The van der Waals surface area contributed by atoms with E-state index in [0.717, 1.165) is 25.7 Å². The van der Waals surface area contributed by atoms with Crippen molar-refractivity contribution in [1.29, 1.82) is 0 Å². The molecule has 0 saturated carbocycles. The second-order valence-electron chi connectivity index (χ2n) is 3.68. The fourth-order valence-electron chi connectivity index (χ4n) is 1.16. The minimum atomic E-state index is 0.595. The van der Waals surface area contributed by atoms with Crippen molar-refractivity contribution < 1.29 is 5.21 Å². The van der Waals surface area contributed by atoms with Gasteiger partial charge in [-0.25, -0.2) is 0 Å². The fraction of sp³-hybridized carbons (Fsp3) is 0.583. The molecule has 2 heteroatoms. The van der Waals surface area contributed by atoms with Crippen molar-refractivity contribution in [2.75, 3.05) is 0 Å². The maximum absolute atomic E-state index is 8.20. The van der Waals surface area contributed by atoms with E-state index in [4.69, 9.17) is 5.21 Å². The molecule has 0 spiro atoms. The molecular weight excluding hydrogens is 174 g/mol. The van der Waals surface area contributed by atoms with Gasteiger partial charge in [-0.3, -0.25) is 0 Å². The van der Waals surface area contributed by atoms with Crippen LogP contribution in [0.2, 0.25) is 0 Å². The van der Waals surface area contributed by atoms with Gasteiger partial charge in [0.1, 0.15) is 0 Å².